The molecule has 0 radical (unpaired) electrons. The number of nitrogens with zero attached hydrogens (tertiary/aromatic N) is 3. The van der Waals surface area contributed by atoms with Crippen LogP contribution in [0.15, 0.2) is 53.1 Å². The summed E-state index contributed by atoms with van der Waals surface area (Å²) in [4.78, 5) is 4.18. The lowest BCUT2D eigenvalue weighted by Gasteiger charge is -2.11. The first kappa shape index (κ1) is 18.7. The van der Waals surface area contributed by atoms with E-state index in [1.807, 2.05) is 43.3 Å². The van der Waals surface area contributed by atoms with Gasteiger partial charge in [0.05, 0.1) is 0 Å². The highest BCUT2D eigenvalue weighted by atomic mass is 16.4. The summed E-state index contributed by atoms with van der Waals surface area (Å²) in [6.07, 6.45) is 1.70. The van der Waals surface area contributed by atoms with Gasteiger partial charge >= 0.3 is 0 Å². The number of fused-ring (bicyclic) bond motifs is 1. The Morgan fingerprint density at radius 3 is 2.66 bits per heavy atom. The molecule has 2 aromatic heterocycles. The van der Waals surface area contributed by atoms with Gasteiger partial charge in [0.15, 0.2) is 0 Å². The first-order valence-corrected chi connectivity index (χ1v) is 9.15. The van der Waals surface area contributed by atoms with Gasteiger partial charge in [-0.15, -0.1) is 10.2 Å². The van der Waals surface area contributed by atoms with E-state index in [1.165, 1.54) is 6.92 Å². The molecule has 6 heteroatoms. The van der Waals surface area contributed by atoms with Crippen LogP contribution in [0.1, 0.15) is 29.8 Å². The average Bonchev–Trinajstić information content (AvgIpc) is 3.15. The van der Waals surface area contributed by atoms with Crippen LogP contribution >= 0.6 is 0 Å². The summed E-state index contributed by atoms with van der Waals surface area (Å²) in [7, 11) is 0. The molecule has 4 rings (SSSR count). The van der Waals surface area contributed by atoms with Crippen molar-refractivity contribution >= 4 is 16.6 Å². The second-order valence-corrected chi connectivity index (χ2v) is 7.11. The zero-order valence-electron chi connectivity index (χ0n) is 16.4. The number of pyridine rings is 1. The maximum Gasteiger partial charge on any atom is 0.260 e. The molecule has 0 unspecified atom stereocenters. The van der Waals surface area contributed by atoms with E-state index >= 15 is 0 Å². The van der Waals surface area contributed by atoms with Crippen LogP contribution in [-0.2, 0) is 5.60 Å². The summed E-state index contributed by atoms with van der Waals surface area (Å²) in [6.45, 7) is 5.24. The van der Waals surface area contributed by atoms with Gasteiger partial charge in [0.25, 0.3) is 5.89 Å². The molecule has 0 aliphatic carbocycles. The maximum atomic E-state index is 10.6. The number of aliphatic hydroxyl groups is 1. The fourth-order valence-electron chi connectivity index (χ4n) is 3.11. The Morgan fingerprint density at radius 2 is 1.90 bits per heavy atom. The van der Waals surface area contributed by atoms with Crippen molar-refractivity contribution in [3.8, 4) is 23.0 Å². The SMILES string of the molecule is Cc1nnc([C@](C)(O)C#Cc2ccc(C)c(-c3ccc4ccnc(N)c4c3)c2)o1. The van der Waals surface area contributed by atoms with E-state index in [0.29, 0.717) is 11.7 Å². The van der Waals surface area contributed by atoms with Crippen LogP contribution in [0.25, 0.3) is 21.9 Å². The van der Waals surface area contributed by atoms with Gasteiger partial charge in [0.2, 0.25) is 11.5 Å². The number of nitrogen functional groups attached to an aromatic ring is 1. The lowest BCUT2D eigenvalue weighted by atomic mass is 9.96. The molecule has 0 saturated carbocycles. The molecular weight excluding hydrogens is 364 g/mol. The predicted molar refractivity (Wildman–Crippen MR) is 112 cm³/mol. The van der Waals surface area contributed by atoms with E-state index in [2.05, 4.69) is 33.1 Å². The highest BCUT2D eigenvalue weighted by molar-refractivity contribution is 5.94. The van der Waals surface area contributed by atoms with Crippen molar-refractivity contribution < 1.29 is 9.52 Å². The molecule has 6 nitrogen and oxygen atoms in total. The molecule has 29 heavy (non-hydrogen) atoms. The Morgan fingerprint density at radius 1 is 1.07 bits per heavy atom. The number of aryl methyl sites for hydroxylation is 2. The quantitative estimate of drug-likeness (QED) is 0.511. The van der Waals surface area contributed by atoms with Gasteiger partial charge in [-0.25, -0.2) is 4.98 Å². The Kier molecular flexibility index (Phi) is 4.53. The summed E-state index contributed by atoms with van der Waals surface area (Å²) >= 11 is 0. The summed E-state index contributed by atoms with van der Waals surface area (Å²) < 4.78 is 5.31. The fraction of sp³-hybridized carbons (Fsp3) is 0.174. The number of anilines is 1. The largest absolute Gasteiger partial charge is 0.421 e. The Bertz CT molecular complexity index is 1280. The van der Waals surface area contributed by atoms with Gasteiger partial charge in [-0.05, 0) is 60.2 Å². The summed E-state index contributed by atoms with van der Waals surface area (Å²) in [5, 5.41) is 20.1. The van der Waals surface area contributed by atoms with Gasteiger partial charge in [-0.3, -0.25) is 0 Å². The second kappa shape index (κ2) is 7.04. The molecule has 144 valence electrons. The van der Waals surface area contributed by atoms with Crippen molar-refractivity contribution in [1.29, 1.82) is 0 Å². The van der Waals surface area contributed by atoms with E-state index < -0.39 is 5.60 Å². The van der Waals surface area contributed by atoms with Crippen molar-refractivity contribution in [2.24, 2.45) is 0 Å². The molecule has 0 fully saturated rings. The molecule has 0 saturated heterocycles. The van der Waals surface area contributed by atoms with Crippen LogP contribution in [0, 0.1) is 25.7 Å². The van der Waals surface area contributed by atoms with Gasteiger partial charge in [0, 0.05) is 24.1 Å². The zero-order valence-corrected chi connectivity index (χ0v) is 16.4. The van der Waals surface area contributed by atoms with Crippen LogP contribution in [0.3, 0.4) is 0 Å². The number of benzene rings is 2. The number of aromatic nitrogens is 3. The van der Waals surface area contributed by atoms with Crippen LogP contribution < -0.4 is 5.73 Å². The highest BCUT2D eigenvalue weighted by Crippen LogP contribution is 2.29. The first-order chi connectivity index (χ1) is 13.8. The van der Waals surface area contributed by atoms with Gasteiger partial charge in [0.1, 0.15) is 5.82 Å². The Balaban J connectivity index is 1.73. The van der Waals surface area contributed by atoms with E-state index in [4.69, 9.17) is 10.2 Å². The van der Waals surface area contributed by atoms with E-state index in [0.717, 1.165) is 33.0 Å². The molecule has 2 aromatic carbocycles. The van der Waals surface area contributed by atoms with Gasteiger partial charge < -0.3 is 15.3 Å². The third kappa shape index (κ3) is 3.68. The highest BCUT2D eigenvalue weighted by Gasteiger charge is 2.27. The van der Waals surface area contributed by atoms with Crippen molar-refractivity contribution in [3.05, 3.63) is 71.6 Å². The average molecular weight is 384 g/mol. The van der Waals surface area contributed by atoms with Crippen molar-refractivity contribution in [2.45, 2.75) is 26.4 Å². The predicted octanol–water partition coefficient (Wildman–Crippen LogP) is 3.74. The zero-order chi connectivity index (χ0) is 20.6. The molecule has 1 atom stereocenters. The third-order valence-corrected chi connectivity index (χ3v) is 4.74. The van der Waals surface area contributed by atoms with E-state index in [-0.39, 0.29) is 5.89 Å². The number of hydrogen-bond donors (Lipinski definition) is 2. The summed E-state index contributed by atoms with van der Waals surface area (Å²) in [5.74, 6) is 6.79. The second-order valence-electron chi connectivity index (χ2n) is 7.11. The standard InChI is InChI=1S/C23H20N4O2/c1-14-4-5-16(8-10-23(3,28)22-27-26-15(2)29-22)12-19(14)18-7-6-17-9-11-25-21(24)20(17)13-18/h4-7,9,11-13,28H,1-3H3,(H2,24,25)/t23-/m1/s1. The number of hydrogen-bond acceptors (Lipinski definition) is 6. The first-order valence-electron chi connectivity index (χ1n) is 9.15. The number of nitrogens with two attached hydrogens (primary N) is 1. The van der Waals surface area contributed by atoms with Crippen molar-refractivity contribution in [2.75, 3.05) is 5.73 Å². The van der Waals surface area contributed by atoms with Crippen molar-refractivity contribution in [1.82, 2.24) is 15.2 Å². The minimum absolute atomic E-state index is 0.0762. The van der Waals surface area contributed by atoms with Crippen LogP contribution in [0.5, 0.6) is 0 Å². The van der Waals surface area contributed by atoms with Gasteiger partial charge in [-0.1, -0.05) is 30.0 Å². The van der Waals surface area contributed by atoms with Gasteiger partial charge in [-0.2, -0.15) is 0 Å². The topological polar surface area (TPSA) is 98.1 Å². The molecule has 0 aliphatic heterocycles. The Hall–Kier alpha value is -3.69. The normalized spacial score (nSPS) is 13.0. The van der Waals surface area contributed by atoms with Crippen molar-refractivity contribution in [3.63, 3.8) is 0 Å². The molecule has 0 aliphatic rings. The van der Waals surface area contributed by atoms with Crippen LogP contribution in [-0.4, -0.2) is 20.3 Å². The molecule has 0 spiro atoms. The maximum absolute atomic E-state index is 10.6. The lowest BCUT2D eigenvalue weighted by Crippen LogP contribution is -2.19. The van der Waals surface area contributed by atoms with Crippen LogP contribution in [0.2, 0.25) is 0 Å². The molecule has 0 bridgehead atoms. The fourth-order valence-corrected chi connectivity index (χ4v) is 3.11. The minimum atomic E-state index is -1.53. The molecular formula is C23H20N4O2. The molecule has 4 aromatic rings. The third-order valence-electron chi connectivity index (χ3n) is 4.74. The van der Waals surface area contributed by atoms with E-state index in [9.17, 15) is 5.11 Å². The molecule has 2 heterocycles. The van der Waals surface area contributed by atoms with E-state index in [1.54, 1.807) is 13.1 Å². The lowest BCUT2D eigenvalue weighted by molar-refractivity contribution is 0.0881. The monoisotopic (exact) mass is 384 g/mol. The molecule has 0 amide bonds. The summed E-state index contributed by atoms with van der Waals surface area (Å²) in [6, 6.07) is 14.0. The molecule has 3 N–H and O–H groups in total. The Labute approximate surface area is 168 Å². The number of rotatable bonds is 2. The van der Waals surface area contributed by atoms with Crippen LogP contribution in [0.4, 0.5) is 5.82 Å². The minimum Gasteiger partial charge on any atom is -0.421 e. The smallest absolute Gasteiger partial charge is 0.260 e. The summed E-state index contributed by atoms with van der Waals surface area (Å²) in [5.41, 5.74) is 8.45.